The molecule has 0 spiro atoms. The van der Waals surface area contributed by atoms with Crippen LogP contribution in [0.15, 0.2) is 6.20 Å². The fraction of sp³-hybridized carbons (Fsp3) is 0.769. The van der Waals surface area contributed by atoms with Gasteiger partial charge in [0.25, 0.3) is 0 Å². The standard InChI is InChI=1S/C13H25N3S/c1-5-12-8-16-13(17-12)10(4)15-7-11(14)6-9(2)3/h8-11,15H,5-7,14H2,1-4H3. The van der Waals surface area contributed by atoms with Crippen LogP contribution in [0.3, 0.4) is 0 Å². The van der Waals surface area contributed by atoms with E-state index in [0.29, 0.717) is 12.0 Å². The lowest BCUT2D eigenvalue weighted by Gasteiger charge is -2.17. The van der Waals surface area contributed by atoms with Gasteiger partial charge in [-0.15, -0.1) is 11.3 Å². The Labute approximate surface area is 109 Å². The number of hydrogen-bond acceptors (Lipinski definition) is 4. The van der Waals surface area contributed by atoms with Crippen LogP contribution in [0.4, 0.5) is 0 Å². The molecule has 0 amide bonds. The van der Waals surface area contributed by atoms with E-state index >= 15 is 0 Å². The van der Waals surface area contributed by atoms with Crippen molar-refractivity contribution in [2.75, 3.05) is 6.54 Å². The van der Waals surface area contributed by atoms with Gasteiger partial charge in [-0.25, -0.2) is 4.98 Å². The molecule has 1 aromatic heterocycles. The van der Waals surface area contributed by atoms with Gasteiger partial charge in [-0.1, -0.05) is 20.8 Å². The van der Waals surface area contributed by atoms with Crippen LogP contribution >= 0.6 is 11.3 Å². The smallest absolute Gasteiger partial charge is 0.109 e. The third-order valence-corrected chi connectivity index (χ3v) is 4.08. The molecule has 0 fully saturated rings. The minimum absolute atomic E-state index is 0.239. The van der Waals surface area contributed by atoms with Crippen molar-refractivity contribution in [1.82, 2.24) is 10.3 Å². The van der Waals surface area contributed by atoms with Crippen molar-refractivity contribution in [3.05, 3.63) is 16.1 Å². The molecule has 98 valence electrons. The lowest BCUT2D eigenvalue weighted by Crippen LogP contribution is -2.36. The van der Waals surface area contributed by atoms with Crippen LogP contribution in [0.2, 0.25) is 0 Å². The van der Waals surface area contributed by atoms with Crippen molar-refractivity contribution in [1.29, 1.82) is 0 Å². The van der Waals surface area contributed by atoms with Gasteiger partial charge in [-0.3, -0.25) is 0 Å². The molecule has 0 aliphatic carbocycles. The van der Waals surface area contributed by atoms with Crippen LogP contribution in [-0.4, -0.2) is 17.6 Å². The minimum atomic E-state index is 0.239. The van der Waals surface area contributed by atoms with Gasteiger partial charge in [-0.2, -0.15) is 0 Å². The van der Waals surface area contributed by atoms with Crippen LogP contribution in [0.1, 0.15) is 50.0 Å². The number of nitrogens with two attached hydrogens (primary N) is 1. The van der Waals surface area contributed by atoms with E-state index in [1.165, 1.54) is 9.88 Å². The zero-order valence-electron chi connectivity index (χ0n) is 11.4. The van der Waals surface area contributed by atoms with E-state index in [1.807, 2.05) is 6.20 Å². The Bertz CT molecular complexity index is 322. The molecule has 0 aliphatic heterocycles. The molecule has 0 aromatic carbocycles. The van der Waals surface area contributed by atoms with Crippen LogP contribution in [0.25, 0.3) is 0 Å². The molecule has 0 bridgehead atoms. The Morgan fingerprint density at radius 2 is 2.12 bits per heavy atom. The maximum atomic E-state index is 6.05. The molecule has 1 heterocycles. The summed E-state index contributed by atoms with van der Waals surface area (Å²) in [7, 11) is 0. The number of nitrogens with one attached hydrogen (secondary N) is 1. The molecule has 2 atom stereocenters. The molecular formula is C13H25N3S. The first kappa shape index (κ1) is 14.6. The number of rotatable bonds is 7. The fourth-order valence-electron chi connectivity index (χ4n) is 1.79. The van der Waals surface area contributed by atoms with Gasteiger partial charge in [0, 0.05) is 23.7 Å². The van der Waals surface area contributed by atoms with Gasteiger partial charge in [0.15, 0.2) is 0 Å². The Morgan fingerprint density at radius 3 is 2.65 bits per heavy atom. The van der Waals surface area contributed by atoms with Crippen LogP contribution in [0.5, 0.6) is 0 Å². The van der Waals surface area contributed by atoms with Crippen molar-refractivity contribution in [2.45, 2.75) is 52.6 Å². The third-order valence-electron chi connectivity index (χ3n) is 2.75. The predicted octanol–water partition coefficient (Wildman–Crippen LogP) is 2.73. The van der Waals surface area contributed by atoms with E-state index in [9.17, 15) is 0 Å². The highest BCUT2D eigenvalue weighted by Gasteiger charge is 2.12. The van der Waals surface area contributed by atoms with Crippen molar-refractivity contribution in [2.24, 2.45) is 11.7 Å². The summed E-state index contributed by atoms with van der Waals surface area (Å²) in [6.07, 6.45) is 4.11. The Morgan fingerprint density at radius 1 is 1.41 bits per heavy atom. The minimum Gasteiger partial charge on any atom is -0.327 e. The van der Waals surface area contributed by atoms with E-state index in [2.05, 4.69) is 38.0 Å². The van der Waals surface area contributed by atoms with Gasteiger partial charge in [-0.05, 0) is 25.7 Å². The number of hydrogen-bond donors (Lipinski definition) is 2. The summed E-state index contributed by atoms with van der Waals surface area (Å²) in [5.74, 6) is 0.661. The summed E-state index contributed by atoms with van der Waals surface area (Å²) < 4.78 is 0. The molecule has 3 N–H and O–H groups in total. The van der Waals surface area contributed by atoms with Crippen molar-refractivity contribution in [3.8, 4) is 0 Å². The van der Waals surface area contributed by atoms with Crippen molar-refractivity contribution >= 4 is 11.3 Å². The van der Waals surface area contributed by atoms with E-state index in [1.54, 1.807) is 11.3 Å². The third kappa shape index (κ3) is 5.15. The maximum Gasteiger partial charge on any atom is 0.109 e. The van der Waals surface area contributed by atoms with Gasteiger partial charge in [0.1, 0.15) is 5.01 Å². The van der Waals surface area contributed by atoms with E-state index in [-0.39, 0.29) is 6.04 Å². The average molecular weight is 255 g/mol. The summed E-state index contributed by atoms with van der Waals surface area (Å²) in [5.41, 5.74) is 6.05. The topological polar surface area (TPSA) is 50.9 Å². The Kier molecular flexibility index (Phi) is 6.09. The summed E-state index contributed by atoms with van der Waals surface area (Å²) in [5, 5.41) is 4.63. The van der Waals surface area contributed by atoms with Gasteiger partial charge in [0.05, 0.1) is 6.04 Å². The first-order valence-corrected chi connectivity index (χ1v) is 7.28. The van der Waals surface area contributed by atoms with Crippen molar-refractivity contribution in [3.63, 3.8) is 0 Å². The first-order valence-electron chi connectivity index (χ1n) is 6.46. The lowest BCUT2D eigenvalue weighted by atomic mass is 10.0. The number of aromatic nitrogens is 1. The second-order valence-electron chi connectivity index (χ2n) is 5.04. The van der Waals surface area contributed by atoms with Crippen molar-refractivity contribution < 1.29 is 0 Å². The normalized spacial score (nSPS) is 15.2. The lowest BCUT2D eigenvalue weighted by molar-refractivity contribution is 0.445. The molecule has 3 nitrogen and oxygen atoms in total. The monoisotopic (exact) mass is 255 g/mol. The summed E-state index contributed by atoms with van der Waals surface area (Å²) in [6, 6.07) is 0.543. The van der Waals surface area contributed by atoms with E-state index in [0.717, 1.165) is 19.4 Å². The quantitative estimate of drug-likeness (QED) is 0.787. The number of thiazole rings is 1. The highest BCUT2D eigenvalue weighted by Crippen LogP contribution is 2.20. The average Bonchev–Trinajstić information content (AvgIpc) is 2.73. The number of aryl methyl sites for hydroxylation is 1. The van der Waals surface area contributed by atoms with Gasteiger partial charge >= 0.3 is 0 Å². The highest BCUT2D eigenvalue weighted by atomic mass is 32.1. The molecule has 1 rings (SSSR count). The molecule has 0 radical (unpaired) electrons. The van der Waals surface area contributed by atoms with E-state index < -0.39 is 0 Å². The van der Waals surface area contributed by atoms with Gasteiger partial charge < -0.3 is 11.1 Å². The largest absolute Gasteiger partial charge is 0.327 e. The van der Waals surface area contributed by atoms with Gasteiger partial charge in [0.2, 0.25) is 0 Å². The fourth-order valence-corrected chi connectivity index (χ4v) is 2.67. The Balaban J connectivity index is 2.36. The number of nitrogens with zero attached hydrogens (tertiary/aromatic N) is 1. The van der Waals surface area contributed by atoms with Crippen LogP contribution < -0.4 is 11.1 Å². The summed E-state index contributed by atoms with van der Waals surface area (Å²) in [4.78, 5) is 5.79. The molecule has 1 aromatic rings. The molecular weight excluding hydrogens is 230 g/mol. The maximum absolute atomic E-state index is 6.05. The molecule has 2 unspecified atom stereocenters. The Hall–Kier alpha value is -0.450. The zero-order valence-corrected chi connectivity index (χ0v) is 12.2. The molecule has 17 heavy (non-hydrogen) atoms. The highest BCUT2D eigenvalue weighted by molar-refractivity contribution is 7.11. The summed E-state index contributed by atoms with van der Waals surface area (Å²) in [6.45, 7) is 9.59. The summed E-state index contributed by atoms with van der Waals surface area (Å²) >= 11 is 1.79. The second kappa shape index (κ2) is 7.09. The van der Waals surface area contributed by atoms with E-state index in [4.69, 9.17) is 5.73 Å². The predicted molar refractivity (Wildman–Crippen MR) is 75.3 cm³/mol. The molecule has 0 aliphatic rings. The molecule has 0 saturated carbocycles. The first-order chi connectivity index (χ1) is 8.02. The SMILES string of the molecule is CCc1cnc(C(C)NCC(N)CC(C)C)s1. The second-order valence-corrected chi connectivity index (χ2v) is 6.18. The molecule has 4 heteroatoms. The zero-order chi connectivity index (χ0) is 12.8. The molecule has 0 saturated heterocycles. The van der Waals surface area contributed by atoms with Crippen LogP contribution in [-0.2, 0) is 6.42 Å². The van der Waals surface area contributed by atoms with Crippen LogP contribution in [0, 0.1) is 5.92 Å².